The monoisotopic (exact) mass is 385 g/mol. The standard InChI is InChI=1S/C20H27N5OS/c1-3-21-20(24-13-18-22-11-15(2)27-18)23-12-16-6-4-7-17(10-16)14-25-9-5-8-19(25)26/h4,6-7,10-11H,3,5,8-9,12-14H2,1-2H3,(H2,21,23,24). The van der Waals surface area contributed by atoms with Gasteiger partial charge in [-0.2, -0.15) is 0 Å². The molecule has 0 bridgehead atoms. The fourth-order valence-corrected chi connectivity index (χ4v) is 3.80. The highest BCUT2D eigenvalue weighted by Crippen LogP contribution is 2.15. The molecule has 1 aromatic carbocycles. The topological polar surface area (TPSA) is 69.6 Å². The van der Waals surface area contributed by atoms with Gasteiger partial charge in [-0.1, -0.05) is 24.3 Å². The molecule has 1 saturated heterocycles. The highest BCUT2D eigenvalue weighted by molar-refractivity contribution is 7.11. The van der Waals surface area contributed by atoms with Gasteiger partial charge in [0.15, 0.2) is 5.96 Å². The zero-order chi connectivity index (χ0) is 19.1. The van der Waals surface area contributed by atoms with Crippen molar-refractivity contribution in [1.29, 1.82) is 0 Å². The Hall–Kier alpha value is -2.41. The molecular formula is C20H27N5OS. The quantitative estimate of drug-likeness (QED) is 0.568. The Labute approximate surface area is 164 Å². The molecule has 0 spiro atoms. The predicted molar refractivity (Wildman–Crippen MR) is 110 cm³/mol. The summed E-state index contributed by atoms with van der Waals surface area (Å²) in [5.41, 5.74) is 2.30. The number of hydrogen-bond donors (Lipinski definition) is 2. The molecule has 7 heteroatoms. The van der Waals surface area contributed by atoms with Crippen LogP contribution in [0, 0.1) is 6.92 Å². The summed E-state index contributed by atoms with van der Waals surface area (Å²) in [5.74, 6) is 1.04. The number of carbonyl (C=O) groups excluding carboxylic acids is 1. The van der Waals surface area contributed by atoms with Gasteiger partial charge in [0.25, 0.3) is 0 Å². The summed E-state index contributed by atoms with van der Waals surface area (Å²) in [6.07, 6.45) is 3.54. The number of aliphatic imine (C=N–C) groups is 1. The average Bonchev–Trinajstić information content (AvgIpc) is 3.26. The van der Waals surface area contributed by atoms with Crippen LogP contribution in [0.15, 0.2) is 35.5 Å². The van der Waals surface area contributed by atoms with Gasteiger partial charge < -0.3 is 15.5 Å². The zero-order valence-electron chi connectivity index (χ0n) is 16.0. The van der Waals surface area contributed by atoms with Gasteiger partial charge in [0.2, 0.25) is 5.91 Å². The minimum atomic E-state index is 0.259. The van der Waals surface area contributed by atoms with Crippen molar-refractivity contribution < 1.29 is 4.79 Å². The molecule has 0 unspecified atom stereocenters. The summed E-state index contributed by atoms with van der Waals surface area (Å²) >= 11 is 1.69. The lowest BCUT2D eigenvalue weighted by Gasteiger charge is -2.16. The molecule has 2 heterocycles. The molecule has 1 aliphatic heterocycles. The second-order valence-electron chi connectivity index (χ2n) is 6.65. The molecule has 6 nitrogen and oxygen atoms in total. The van der Waals surface area contributed by atoms with Gasteiger partial charge >= 0.3 is 0 Å². The molecular weight excluding hydrogens is 358 g/mol. The van der Waals surface area contributed by atoms with Gasteiger partial charge in [0.1, 0.15) is 5.01 Å². The van der Waals surface area contributed by atoms with E-state index in [0.29, 0.717) is 26.1 Å². The fourth-order valence-electron chi connectivity index (χ4n) is 3.07. The number of hydrogen-bond acceptors (Lipinski definition) is 4. The second-order valence-corrected chi connectivity index (χ2v) is 7.97. The second kappa shape index (κ2) is 9.50. The third-order valence-corrected chi connectivity index (χ3v) is 5.29. The Bertz CT molecular complexity index is 801. The molecule has 1 fully saturated rings. The molecule has 1 aromatic heterocycles. The highest BCUT2D eigenvalue weighted by atomic mass is 32.1. The maximum atomic E-state index is 11.8. The van der Waals surface area contributed by atoms with E-state index in [1.54, 1.807) is 11.3 Å². The van der Waals surface area contributed by atoms with Gasteiger partial charge in [-0.3, -0.25) is 4.79 Å². The van der Waals surface area contributed by atoms with Crippen LogP contribution < -0.4 is 10.6 Å². The van der Waals surface area contributed by atoms with Gasteiger partial charge in [0.05, 0.1) is 13.1 Å². The number of aryl methyl sites for hydroxylation is 1. The first-order valence-corrected chi connectivity index (χ1v) is 10.2. The molecule has 0 aliphatic carbocycles. The van der Waals surface area contributed by atoms with Crippen LogP contribution in [0.4, 0.5) is 0 Å². The lowest BCUT2D eigenvalue weighted by molar-refractivity contribution is -0.128. The number of nitrogens with one attached hydrogen (secondary N) is 2. The first-order chi connectivity index (χ1) is 13.1. The summed E-state index contributed by atoms with van der Waals surface area (Å²) in [6.45, 7) is 7.74. The van der Waals surface area contributed by atoms with E-state index < -0.39 is 0 Å². The molecule has 1 aliphatic rings. The number of thiazole rings is 1. The van der Waals surface area contributed by atoms with Crippen molar-refractivity contribution in [2.24, 2.45) is 4.99 Å². The van der Waals surface area contributed by atoms with Crippen LogP contribution in [0.5, 0.6) is 0 Å². The minimum Gasteiger partial charge on any atom is -0.357 e. The van der Waals surface area contributed by atoms with E-state index in [2.05, 4.69) is 52.7 Å². The van der Waals surface area contributed by atoms with E-state index in [-0.39, 0.29) is 5.91 Å². The summed E-state index contributed by atoms with van der Waals surface area (Å²) in [7, 11) is 0. The lowest BCUT2D eigenvalue weighted by Crippen LogP contribution is -2.36. The van der Waals surface area contributed by atoms with Crippen molar-refractivity contribution in [2.45, 2.75) is 46.3 Å². The van der Waals surface area contributed by atoms with Crippen LogP contribution in [0.1, 0.15) is 40.8 Å². The SMILES string of the molecule is CCNC(=NCc1cccc(CN2CCCC2=O)c1)NCc1ncc(C)s1. The number of carbonyl (C=O) groups is 1. The molecule has 3 rings (SSSR count). The molecule has 0 atom stereocenters. The van der Waals surface area contributed by atoms with Crippen LogP contribution >= 0.6 is 11.3 Å². The Morgan fingerprint density at radius 1 is 1.33 bits per heavy atom. The van der Waals surface area contributed by atoms with E-state index in [9.17, 15) is 4.79 Å². The number of aromatic nitrogens is 1. The molecule has 0 radical (unpaired) electrons. The smallest absolute Gasteiger partial charge is 0.222 e. The van der Waals surface area contributed by atoms with Crippen molar-refractivity contribution in [2.75, 3.05) is 13.1 Å². The largest absolute Gasteiger partial charge is 0.357 e. The van der Waals surface area contributed by atoms with Crippen LogP contribution in [0.2, 0.25) is 0 Å². The van der Waals surface area contributed by atoms with Gasteiger partial charge in [0, 0.05) is 37.1 Å². The van der Waals surface area contributed by atoms with E-state index in [1.807, 2.05) is 17.2 Å². The van der Waals surface area contributed by atoms with Gasteiger partial charge in [-0.15, -0.1) is 11.3 Å². The number of rotatable bonds is 7. The number of likely N-dealkylation sites (tertiary alicyclic amines) is 1. The molecule has 144 valence electrons. The highest BCUT2D eigenvalue weighted by Gasteiger charge is 2.19. The summed E-state index contributed by atoms with van der Waals surface area (Å²) in [5, 5.41) is 7.66. The van der Waals surface area contributed by atoms with E-state index in [1.165, 1.54) is 4.88 Å². The molecule has 27 heavy (non-hydrogen) atoms. The predicted octanol–water partition coefficient (Wildman–Crippen LogP) is 2.83. The van der Waals surface area contributed by atoms with Crippen LogP contribution in [0.25, 0.3) is 0 Å². The van der Waals surface area contributed by atoms with E-state index >= 15 is 0 Å². The maximum Gasteiger partial charge on any atom is 0.222 e. The van der Waals surface area contributed by atoms with Gasteiger partial charge in [-0.05, 0) is 31.4 Å². The van der Waals surface area contributed by atoms with Crippen molar-refractivity contribution in [1.82, 2.24) is 20.5 Å². The summed E-state index contributed by atoms with van der Waals surface area (Å²) < 4.78 is 0. The van der Waals surface area contributed by atoms with Crippen molar-refractivity contribution in [3.8, 4) is 0 Å². The third-order valence-electron chi connectivity index (χ3n) is 4.38. The Balaban J connectivity index is 1.59. The lowest BCUT2D eigenvalue weighted by atomic mass is 10.1. The number of guanidine groups is 1. The van der Waals surface area contributed by atoms with Crippen LogP contribution in [-0.4, -0.2) is 34.8 Å². The Kier molecular flexibility index (Phi) is 6.81. The molecule has 2 N–H and O–H groups in total. The molecule has 2 aromatic rings. The van der Waals surface area contributed by atoms with Crippen molar-refractivity contribution in [3.05, 3.63) is 51.5 Å². The molecule has 1 amide bonds. The van der Waals surface area contributed by atoms with Crippen molar-refractivity contribution >= 4 is 23.2 Å². The van der Waals surface area contributed by atoms with Crippen LogP contribution in [-0.2, 0) is 24.4 Å². The molecule has 0 saturated carbocycles. The first kappa shape index (κ1) is 19.4. The summed E-state index contributed by atoms with van der Waals surface area (Å²) in [6, 6.07) is 8.34. The number of amides is 1. The number of benzene rings is 1. The maximum absolute atomic E-state index is 11.8. The van der Waals surface area contributed by atoms with Crippen molar-refractivity contribution in [3.63, 3.8) is 0 Å². The van der Waals surface area contributed by atoms with E-state index in [4.69, 9.17) is 0 Å². The van der Waals surface area contributed by atoms with Crippen LogP contribution in [0.3, 0.4) is 0 Å². The average molecular weight is 386 g/mol. The zero-order valence-corrected chi connectivity index (χ0v) is 16.8. The fraction of sp³-hybridized carbons (Fsp3) is 0.450. The minimum absolute atomic E-state index is 0.259. The normalized spacial score (nSPS) is 14.7. The van der Waals surface area contributed by atoms with E-state index in [0.717, 1.165) is 41.6 Å². The Morgan fingerprint density at radius 2 is 2.19 bits per heavy atom. The first-order valence-electron chi connectivity index (χ1n) is 9.43. The summed E-state index contributed by atoms with van der Waals surface area (Å²) in [4.78, 5) is 24.0. The van der Waals surface area contributed by atoms with Gasteiger partial charge in [-0.25, -0.2) is 9.98 Å². The third kappa shape index (κ3) is 5.79. The number of nitrogens with zero attached hydrogens (tertiary/aromatic N) is 3. The Morgan fingerprint density at radius 3 is 2.89 bits per heavy atom.